The zero-order chi connectivity index (χ0) is 37.2. The van der Waals surface area contributed by atoms with Crippen molar-refractivity contribution in [3.8, 4) is 33.6 Å². The van der Waals surface area contributed by atoms with Crippen molar-refractivity contribution in [3.05, 3.63) is 162 Å². The summed E-state index contributed by atoms with van der Waals surface area (Å²) in [6, 6.07) is 43.6. The first kappa shape index (κ1) is 38.7. The molecule has 0 atom stereocenters. The van der Waals surface area contributed by atoms with Crippen LogP contribution in [0.15, 0.2) is 128 Å². The number of hydrogen-bond donors (Lipinski definition) is 0. The van der Waals surface area contributed by atoms with Gasteiger partial charge < -0.3 is 4.90 Å². The van der Waals surface area contributed by atoms with Crippen LogP contribution in [0, 0.1) is 12.1 Å². The molecule has 5 aromatic carbocycles. The smallest absolute Gasteiger partial charge is 0.358 e. The van der Waals surface area contributed by atoms with Crippen molar-refractivity contribution in [2.24, 2.45) is 0 Å². The fraction of sp³-hybridized carbons (Fsp3) is 0.250. The maximum Gasteiger partial charge on any atom is 2.00 e. The van der Waals surface area contributed by atoms with Crippen molar-refractivity contribution in [2.45, 2.75) is 79.1 Å². The van der Waals surface area contributed by atoms with Crippen molar-refractivity contribution in [3.63, 3.8) is 0 Å². The average Bonchev–Trinajstić information content (AvgIpc) is 3.86. The molecule has 2 aromatic heterocycles. The van der Waals surface area contributed by atoms with E-state index in [1.165, 1.54) is 33.4 Å². The average molecular weight is 802 g/mol. The van der Waals surface area contributed by atoms with Crippen LogP contribution in [0.4, 0.5) is 17.1 Å². The topological polar surface area (TPSA) is 38.9 Å². The van der Waals surface area contributed by atoms with E-state index in [1.54, 1.807) is 0 Å². The maximum absolute atomic E-state index is 4.87. The van der Waals surface area contributed by atoms with Crippen LogP contribution < -0.4 is 4.90 Å². The van der Waals surface area contributed by atoms with Gasteiger partial charge in [-0.2, -0.15) is 22.3 Å². The fourth-order valence-corrected chi connectivity index (χ4v) is 7.34. The normalized spacial score (nSPS) is 11.5. The van der Waals surface area contributed by atoms with Crippen molar-refractivity contribution in [2.75, 3.05) is 4.90 Å². The molecule has 0 amide bonds. The van der Waals surface area contributed by atoms with Gasteiger partial charge in [-0.15, -0.1) is 36.4 Å². The standard InChI is InChI=1S/C48H49N5.Pd/c1-32(2)43-22-14-23-44(33(3)4)47(43)36-28-49-51(30-36)39-18-12-20-41(26-39)53(38-16-10-9-11-17-38)42-21-13-19-40(27-42)52-31-37(29-50-52)48-45(34(5)6)24-15-25-46(48)35(7)8;/h9-25,28-35H,1-8H3;/q-2;+2. The van der Waals surface area contributed by atoms with E-state index in [4.69, 9.17) is 10.2 Å². The molecule has 0 N–H and O–H groups in total. The molecule has 7 aromatic rings. The van der Waals surface area contributed by atoms with E-state index in [1.807, 2.05) is 27.8 Å². The summed E-state index contributed by atoms with van der Waals surface area (Å²) in [6.45, 7) is 18.1. The van der Waals surface area contributed by atoms with Crippen molar-refractivity contribution in [1.29, 1.82) is 0 Å². The fourth-order valence-electron chi connectivity index (χ4n) is 7.34. The molecule has 2 heterocycles. The predicted molar refractivity (Wildman–Crippen MR) is 220 cm³/mol. The first-order chi connectivity index (χ1) is 25.6. The molecule has 0 unspecified atom stereocenters. The molecule has 0 fully saturated rings. The van der Waals surface area contributed by atoms with E-state index in [0.717, 1.165) is 39.6 Å². The van der Waals surface area contributed by atoms with E-state index in [9.17, 15) is 0 Å². The Balaban J connectivity index is 0.00000497. The maximum atomic E-state index is 4.87. The summed E-state index contributed by atoms with van der Waals surface area (Å²) in [5, 5.41) is 9.74. The predicted octanol–water partition coefficient (Wildman–Crippen LogP) is 13.0. The zero-order valence-electron chi connectivity index (χ0n) is 32.5. The number of para-hydroxylation sites is 1. The molecule has 0 aliphatic carbocycles. The molecule has 0 aliphatic rings. The van der Waals surface area contributed by atoms with Gasteiger partial charge in [0.05, 0.1) is 12.4 Å². The third-order valence-corrected chi connectivity index (χ3v) is 10.0. The second kappa shape index (κ2) is 16.6. The van der Waals surface area contributed by atoms with Crippen LogP contribution in [0.2, 0.25) is 0 Å². The molecule has 0 radical (unpaired) electrons. The van der Waals surface area contributed by atoms with E-state index in [2.05, 4.69) is 182 Å². The number of nitrogens with zero attached hydrogens (tertiary/aromatic N) is 5. The van der Waals surface area contributed by atoms with Crippen LogP contribution in [0.3, 0.4) is 0 Å². The third kappa shape index (κ3) is 7.78. The molecular weight excluding hydrogens is 753 g/mol. The van der Waals surface area contributed by atoms with Crippen molar-refractivity contribution < 1.29 is 20.4 Å². The SMILES string of the molecule is CC(C)c1cccc(C(C)C)c1-c1cnn(-c2[c-]c(N(c3[c-]c(-n4cc(-c5c(C(C)C)cccc5C(C)C)cn4)ccc3)c3ccccc3)ccc2)c1.[Pd+2]. The Bertz CT molecular complexity index is 2130. The van der Waals surface area contributed by atoms with Crippen molar-refractivity contribution >= 4 is 17.1 Å². The molecule has 54 heavy (non-hydrogen) atoms. The Morgan fingerprint density at radius 3 is 1.20 bits per heavy atom. The molecule has 0 spiro atoms. The Morgan fingerprint density at radius 1 is 0.463 bits per heavy atom. The molecule has 5 nitrogen and oxygen atoms in total. The zero-order valence-corrected chi connectivity index (χ0v) is 34.0. The van der Waals surface area contributed by atoms with Crippen LogP contribution in [0.25, 0.3) is 33.6 Å². The van der Waals surface area contributed by atoms with Gasteiger partial charge in [0.25, 0.3) is 0 Å². The second-order valence-corrected chi connectivity index (χ2v) is 15.1. The van der Waals surface area contributed by atoms with Gasteiger partial charge in [-0.25, -0.2) is 0 Å². The van der Waals surface area contributed by atoms with Crippen LogP contribution in [-0.4, -0.2) is 19.6 Å². The van der Waals surface area contributed by atoms with Crippen molar-refractivity contribution in [1.82, 2.24) is 19.6 Å². The summed E-state index contributed by atoms with van der Waals surface area (Å²) >= 11 is 0. The minimum absolute atomic E-state index is 0. The summed E-state index contributed by atoms with van der Waals surface area (Å²) in [7, 11) is 0. The van der Waals surface area contributed by atoms with Gasteiger partial charge in [-0.05, 0) is 80.6 Å². The minimum Gasteiger partial charge on any atom is -0.358 e. The Labute approximate surface area is 335 Å². The third-order valence-electron chi connectivity index (χ3n) is 10.0. The van der Waals surface area contributed by atoms with Gasteiger partial charge >= 0.3 is 20.4 Å². The van der Waals surface area contributed by atoms with Gasteiger partial charge in [0.15, 0.2) is 0 Å². The van der Waals surface area contributed by atoms with Crippen LogP contribution >= 0.6 is 0 Å². The molecule has 6 heteroatoms. The van der Waals surface area contributed by atoms with E-state index < -0.39 is 0 Å². The number of anilines is 3. The number of rotatable bonds is 11. The summed E-state index contributed by atoms with van der Waals surface area (Å²) in [6.07, 6.45) is 8.25. The number of aromatic nitrogens is 4. The summed E-state index contributed by atoms with van der Waals surface area (Å²) in [5.41, 5.74) is 14.7. The van der Waals surface area contributed by atoms with Gasteiger partial charge in [0.1, 0.15) is 0 Å². The van der Waals surface area contributed by atoms with Gasteiger partial charge in [-0.1, -0.05) is 121 Å². The number of benzene rings is 5. The monoisotopic (exact) mass is 801 g/mol. The molecule has 0 bridgehead atoms. The molecular formula is C48H49N5Pd. The van der Waals surface area contributed by atoms with Gasteiger partial charge in [0, 0.05) is 29.2 Å². The van der Waals surface area contributed by atoms with Gasteiger partial charge in [0.2, 0.25) is 0 Å². The summed E-state index contributed by atoms with van der Waals surface area (Å²) in [4.78, 5) is 2.19. The van der Waals surface area contributed by atoms with E-state index in [-0.39, 0.29) is 20.4 Å². The Hall–Kier alpha value is -5.02. The molecule has 7 rings (SSSR count). The summed E-state index contributed by atoms with van der Waals surface area (Å²) in [5.74, 6) is 1.59. The van der Waals surface area contributed by atoms with Crippen LogP contribution in [-0.2, 0) is 20.4 Å². The first-order valence-electron chi connectivity index (χ1n) is 18.9. The molecule has 0 aliphatic heterocycles. The Morgan fingerprint density at radius 2 is 0.833 bits per heavy atom. The molecule has 276 valence electrons. The van der Waals surface area contributed by atoms with Gasteiger partial charge in [-0.3, -0.25) is 9.36 Å². The molecule has 0 saturated carbocycles. The minimum atomic E-state index is 0. The van der Waals surface area contributed by atoms with Crippen LogP contribution in [0.1, 0.15) is 101 Å². The first-order valence-corrected chi connectivity index (χ1v) is 18.9. The number of hydrogen-bond acceptors (Lipinski definition) is 3. The molecule has 0 saturated heterocycles. The largest absolute Gasteiger partial charge is 2.00 e. The quantitative estimate of drug-likeness (QED) is 0.0966. The summed E-state index contributed by atoms with van der Waals surface area (Å²) < 4.78 is 3.88. The van der Waals surface area contributed by atoms with E-state index in [0.29, 0.717) is 23.7 Å². The Kier molecular flexibility index (Phi) is 11.9. The van der Waals surface area contributed by atoms with E-state index >= 15 is 0 Å². The van der Waals surface area contributed by atoms with Crippen LogP contribution in [0.5, 0.6) is 0 Å². The second-order valence-electron chi connectivity index (χ2n) is 15.1.